The van der Waals surface area contributed by atoms with Crippen LogP contribution in [-0.2, 0) is 30.4 Å². The first-order valence-electron chi connectivity index (χ1n) is 10.9. The van der Waals surface area contributed by atoms with E-state index in [1.807, 2.05) is 24.3 Å². The number of amides is 4. The van der Waals surface area contributed by atoms with E-state index in [1.165, 1.54) is 6.92 Å². The van der Waals surface area contributed by atoms with Crippen LogP contribution in [0.3, 0.4) is 0 Å². The zero-order valence-electron chi connectivity index (χ0n) is 19.1. The number of thiol groups is 1. The van der Waals surface area contributed by atoms with Crippen molar-refractivity contribution >= 4 is 53.1 Å². The van der Waals surface area contributed by atoms with Crippen molar-refractivity contribution in [3.05, 3.63) is 36.0 Å². The van der Waals surface area contributed by atoms with E-state index >= 15 is 0 Å². The molecule has 4 atom stereocenters. The van der Waals surface area contributed by atoms with Gasteiger partial charge in [0.1, 0.15) is 18.1 Å². The van der Waals surface area contributed by atoms with Gasteiger partial charge in [-0.3, -0.25) is 19.2 Å². The highest BCUT2D eigenvalue weighted by Gasteiger charge is 2.29. The van der Waals surface area contributed by atoms with Crippen LogP contribution in [0.2, 0.25) is 0 Å². The van der Waals surface area contributed by atoms with Gasteiger partial charge in [-0.05, 0) is 25.0 Å². The molecule has 190 valence electrons. The van der Waals surface area contributed by atoms with Crippen molar-refractivity contribution in [1.29, 1.82) is 0 Å². The summed E-state index contributed by atoms with van der Waals surface area (Å²) in [7, 11) is 0. The van der Waals surface area contributed by atoms with Gasteiger partial charge in [-0.2, -0.15) is 12.6 Å². The first-order valence-corrected chi connectivity index (χ1v) is 11.5. The Morgan fingerprint density at radius 1 is 1.03 bits per heavy atom. The standard InChI is InChI=1S/C22H30N6O6S/c1-11(19(30)28-17(10-35)22(33)34)26-21(32)16(27-20(31)14(23)6-7-18(24)29)8-12-9-25-15-5-3-2-4-13(12)15/h2-5,9,11,14,16-17,25,35H,6-8,10,23H2,1H3,(H2,24,29)(H,26,32)(H,27,31)(H,28,30)(H,33,34). The number of hydrogen-bond donors (Lipinski definition) is 8. The fourth-order valence-corrected chi connectivity index (χ4v) is 3.55. The molecule has 4 amide bonds. The van der Waals surface area contributed by atoms with Crippen LogP contribution >= 0.6 is 12.6 Å². The molecular weight excluding hydrogens is 476 g/mol. The van der Waals surface area contributed by atoms with Gasteiger partial charge >= 0.3 is 5.97 Å². The molecule has 0 aliphatic heterocycles. The number of carboxylic acid groups (broad SMARTS) is 1. The van der Waals surface area contributed by atoms with Crippen molar-refractivity contribution < 1.29 is 29.1 Å². The minimum atomic E-state index is -1.26. The molecule has 0 saturated heterocycles. The average Bonchev–Trinajstić information content (AvgIpc) is 3.22. The number of aromatic nitrogens is 1. The maximum Gasteiger partial charge on any atom is 0.327 e. The third-order valence-corrected chi connectivity index (χ3v) is 5.68. The van der Waals surface area contributed by atoms with Gasteiger partial charge in [-0.25, -0.2) is 4.79 Å². The summed E-state index contributed by atoms with van der Waals surface area (Å²) >= 11 is 3.89. The number of nitrogens with two attached hydrogens (primary N) is 2. The number of H-pyrrole nitrogens is 1. The second kappa shape index (κ2) is 12.8. The highest BCUT2D eigenvalue weighted by atomic mass is 32.1. The number of carbonyl (C=O) groups is 5. The molecule has 9 N–H and O–H groups in total. The maximum absolute atomic E-state index is 13.1. The number of primary amides is 1. The van der Waals surface area contributed by atoms with Crippen LogP contribution in [0.25, 0.3) is 10.9 Å². The van der Waals surface area contributed by atoms with Crippen molar-refractivity contribution in [2.24, 2.45) is 11.5 Å². The molecule has 2 aromatic rings. The third kappa shape index (κ3) is 8.00. The number of carboxylic acids is 1. The Morgan fingerprint density at radius 2 is 1.69 bits per heavy atom. The Balaban J connectivity index is 2.17. The van der Waals surface area contributed by atoms with E-state index in [0.717, 1.165) is 16.5 Å². The Hall–Kier alpha value is -3.58. The number of benzene rings is 1. The topological polar surface area (TPSA) is 209 Å². The van der Waals surface area contributed by atoms with Crippen molar-refractivity contribution in [2.45, 2.75) is 50.4 Å². The molecule has 0 spiro atoms. The van der Waals surface area contributed by atoms with E-state index in [-0.39, 0.29) is 25.0 Å². The summed E-state index contributed by atoms with van der Waals surface area (Å²) in [4.78, 5) is 63.3. The van der Waals surface area contributed by atoms with Crippen LogP contribution in [0.1, 0.15) is 25.3 Å². The predicted molar refractivity (Wildman–Crippen MR) is 131 cm³/mol. The van der Waals surface area contributed by atoms with Gasteiger partial charge in [0, 0.05) is 35.7 Å². The average molecular weight is 507 g/mol. The summed E-state index contributed by atoms with van der Waals surface area (Å²) in [5.74, 6) is -4.07. The van der Waals surface area contributed by atoms with Gasteiger partial charge in [-0.1, -0.05) is 18.2 Å². The molecule has 0 radical (unpaired) electrons. The fraction of sp³-hybridized carbons (Fsp3) is 0.409. The zero-order chi connectivity index (χ0) is 26.1. The molecule has 2 rings (SSSR count). The van der Waals surface area contributed by atoms with E-state index in [2.05, 4.69) is 33.6 Å². The summed E-state index contributed by atoms with van der Waals surface area (Å²) in [6.07, 6.45) is 1.69. The van der Waals surface area contributed by atoms with Crippen LogP contribution in [0.15, 0.2) is 30.5 Å². The molecule has 13 heteroatoms. The van der Waals surface area contributed by atoms with Crippen LogP contribution in [0.5, 0.6) is 0 Å². The first-order chi connectivity index (χ1) is 16.5. The van der Waals surface area contributed by atoms with Crippen molar-refractivity contribution in [3.8, 4) is 0 Å². The lowest BCUT2D eigenvalue weighted by molar-refractivity contribution is -0.141. The van der Waals surface area contributed by atoms with E-state index in [9.17, 15) is 24.0 Å². The van der Waals surface area contributed by atoms with Crippen LogP contribution in [0, 0.1) is 0 Å². The zero-order valence-corrected chi connectivity index (χ0v) is 20.0. The number of fused-ring (bicyclic) bond motifs is 1. The molecule has 0 aliphatic carbocycles. The minimum absolute atomic E-state index is 0.00169. The number of nitrogens with one attached hydrogen (secondary N) is 4. The molecule has 0 bridgehead atoms. The molecule has 1 aromatic carbocycles. The maximum atomic E-state index is 13.1. The van der Waals surface area contributed by atoms with Crippen LogP contribution < -0.4 is 27.4 Å². The van der Waals surface area contributed by atoms with Gasteiger partial charge in [0.25, 0.3) is 0 Å². The number of para-hydroxylation sites is 1. The van der Waals surface area contributed by atoms with Gasteiger partial charge in [-0.15, -0.1) is 0 Å². The summed E-state index contributed by atoms with van der Waals surface area (Å²) < 4.78 is 0. The first kappa shape index (κ1) is 27.7. The summed E-state index contributed by atoms with van der Waals surface area (Å²) in [5.41, 5.74) is 12.5. The summed E-state index contributed by atoms with van der Waals surface area (Å²) in [5, 5.41) is 17.3. The number of rotatable bonds is 13. The van der Waals surface area contributed by atoms with Gasteiger partial charge in [0.15, 0.2) is 0 Å². The molecule has 0 fully saturated rings. The molecular formula is C22H30N6O6S. The summed E-state index contributed by atoms with van der Waals surface area (Å²) in [6, 6.07) is 2.88. The number of aromatic amines is 1. The lowest BCUT2D eigenvalue weighted by atomic mass is 10.0. The highest BCUT2D eigenvalue weighted by Crippen LogP contribution is 2.19. The van der Waals surface area contributed by atoms with E-state index < -0.39 is 53.8 Å². The second-order valence-electron chi connectivity index (χ2n) is 8.05. The van der Waals surface area contributed by atoms with Crippen molar-refractivity contribution in [1.82, 2.24) is 20.9 Å². The lowest BCUT2D eigenvalue weighted by Gasteiger charge is -2.23. The van der Waals surface area contributed by atoms with Gasteiger partial charge in [0.05, 0.1) is 6.04 Å². The van der Waals surface area contributed by atoms with E-state index in [0.29, 0.717) is 0 Å². The minimum Gasteiger partial charge on any atom is -0.480 e. The second-order valence-corrected chi connectivity index (χ2v) is 8.41. The monoisotopic (exact) mass is 506 g/mol. The molecule has 35 heavy (non-hydrogen) atoms. The van der Waals surface area contributed by atoms with Crippen molar-refractivity contribution in [3.63, 3.8) is 0 Å². The van der Waals surface area contributed by atoms with Gasteiger partial charge < -0.3 is 37.5 Å². The smallest absolute Gasteiger partial charge is 0.327 e. The Bertz CT molecular complexity index is 1090. The van der Waals surface area contributed by atoms with Crippen LogP contribution in [0.4, 0.5) is 0 Å². The molecule has 0 saturated carbocycles. The largest absolute Gasteiger partial charge is 0.480 e. The van der Waals surface area contributed by atoms with Gasteiger partial charge in [0.2, 0.25) is 23.6 Å². The predicted octanol–water partition coefficient (Wildman–Crippen LogP) is -1.21. The summed E-state index contributed by atoms with van der Waals surface area (Å²) in [6.45, 7) is 1.38. The molecule has 1 heterocycles. The highest BCUT2D eigenvalue weighted by molar-refractivity contribution is 7.80. The number of aliphatic carboxylic acids is 1. The van der Waals surface area contributed by atoms with E-state index in [4.69, 9.17) is 16.6 Å². The molecule has 4 unspecified atom stereocenters. The van der Waals surface area contributed by atoms with Crippen LogP contribution in [-0.4, -0.2) is 69.6 Å². The Morgan fingerprint density at radius 3 is 2.31 bits per heavy atom. The third-order valence-electron chi connectivity index (χ3n) is 5.32. The lowest BCUT2D eigenvalue weighted by Crippen LogP contribution is -2.57. The number of carbonyl (C=O) groups excluding carboxylic acids is 4. The molecule has 0 aliphatic rings. The Labute approximate surface area is 207 Å². The molecule has 12 nitrogen and oxygen atoms in total. The van der Waals surface area contributed by atoms with E-state index in [1.54, 1.807) is 6.20 Å². The normalized spacial score (nSPS) is 14.4. The Kier molecular flexibility index (Phi) is 10.1. The quantitative estimate of drug-likeness (QED) is 0.155. The fourth-order valence-electron chi connectivity index (χ4n) is 3.30. The molecule has 1 aromatic heterocycles. The SMILES string of the molecule is CC(NC(=O)C(Cc1c[nH]c2ccccc12)NC(=O)C(N)CCC(N)=O)C(=O)NC(CS)C(=O)O. The van der Waals surface area contributed by atoms with Crippen molar-refractivity contribution in [2.75, 3.05) is 5.75 Å². The number of hydrogen-bond acceptors (Lipinski definition) is 7.